The molecule has 1 aromatic rings. The van der Waals surface area contributed by atoms with Gasteiger partial charge in [-0.15, -0.1) is 0 Å². The summed E-state index contributed by atoms with van der Waals surface area (Å²) in [5, 5.41) is 28.9. The third kappa shape index (κ3) is 2.33. The van der Waals surface area contributed by atoms with E-state index < -0.39 is 16.9 Å². The van der Waals surface area contributed by atoms with Crippen LogP contribution in [0.1, 0.15) is 18.4 Å². The molecule has 2 rings (SSSR count). The minimum absolute atomic E-state index is 0.182. The second-order valence-corrected chi connectivity index (χ2v) is 4.26. The Balaban J connectivity index is 2.47. The zero-order valence-corrected chi connectivity index (χ0v) is 9.94. The van der Waals surface area contributed by atoms with Crippen molar-refractivity contribution < 1.29 is 14.8 Å². The molecule has 0 aromatic heterocycles. The molecule has 98 valence electrons. The number of carboxylic acids is 1. The molecule has 0 spiro atoms. The Kier molecular flexibility index (Phi) is 3.33. The van der Waals surface area contributed by atoms with Crippen LogP contribution in [-0.2, 0) is 4.79 Å². The van der Waals surface area contributed by atoms with Gasteiger partial charge in [0.25, 0.3) is 5.69 Å². The molecule has 1 aliphatic heterocycles. The molecular formula is C12H11N3O4. The third-order valence-electron chi connectivity index (χ3n) is 3.15. The fraction of sp³-hybridized carbons (Fsp3) is 0.333. The van der Waals surface area contributed by atoms with Crippen LogP contribution in [0.15, 0.2) is 18.2 Å². The summed E-state index contributed by atoms with van der Waals surface area (Å²) >= 11 is 0. The fourth-order valence-electron chi connectivity index (χ4n) is 2.29. The second kappa shape index (κ2) is 4.94. The van der Waals surface area contributed by atoms with Crippen LogP contribution in [0.4, 0.5) is 11.4 Å². The largest absolute Gasteiger partial charge is 0.480 e. The molecule has 1 fully saturated rings. The summed E-state index contributed by atoms with van der Waals surface area (Å²) in [6.45, 7) is 0.462. The minimum Gasteiger partial charge on any atom is -0.480 e. The number of nitro groups is 1. The third-order valence-corrected chi connectivity index (χ3v) is 3.15. The van der Waals surface area contributed by atoms with Crippen LogP contribution in [0.3, 0.4) is 0 Å². The van der Waals surface area contributed by atoms with Crippen molar-refractivity contribution in [3.8, 4) is 6.07 Å². The Morgan fingerprint density at radius 3 is 2.89 bits per heavy atom. The highest BCUT2D eigenvalue weighted by Gasteiger charge is 2.34. The molecule has 19 heavy (non-hydrogen) atoms. The summed E-state index contributed by atoms with van der Waals surface area (Å²) in [5.74, 6) is -0.990. The molecule has 0 saturated carbocycles. The maximum absolute atomic E-state index is 11.1. The molecule has 1 aromatic carbocycles. The van der Waals surface area contributed by atoms with Gasteiger partial charge in [-0.05, 0) is 25.0 Å². The summed E-state index contributed by atoms with van der Waals surface area (Å²) in [4.78, 5) is 23.1. The predicted octanol–water partition coefficient (Wildman–Crippen LogP) is 1.52. The van der Waals surface area contributed by atoms with Crippen molar-refractivity contribution in [2.24, 2.45) is 0 Å². The fourth-order valence-corrected chi connectivity index (χ4v) is 2.29. The van der Waals surface area contributed by atoms with Gasteiger partial charge in [0.15, 0.2) is 0 Å². The molecule has 0 bridgehead atoms. The lowest BCUT2D eigenvalue weighted by atomic mass is 10.1. The molecule has 1 aliphatic rings. The first-order chi connectivity index (χ1) is 9.04. The zero-order valence-electron chi connectivity index (χ0n) is 9.94. The summed E-state index contributed by atoms with van der Waals surface area (Å²) < 4.78 is 0. The van der Waals surface area contributed by atoms with Gasteiger partial charge in [0.05, 0.1) is 16.6 Å². The van der Waals surface area contributed by atoms with E-state index in [4.69, 9.17) is 10.4 Å². The van der Waals surface area contributed by atoms with E-state index in [0.717, 1.165) is 0 Å². The number of carbonyl (C=O) groups is 1. The molecule has 1 atom stereocenters. The van der Waals surface area contributed by atoms with Crippen molar-refractivity contribution in [3.63, 3.8) is 0 Å². The van der Waals surface area contributed by atoms with E-state index in [1.165, 1.54) is 23.1 Å². The van der Waals surface area contributed by atoms with Crippen LogP contribution in [0.2, 0.25) is 0 Å². The van der Waals surface area contributed by atoms with Gasteiger partial charge >= 0.3 is 5.97 Å². The van der Waals surface area contributed by atoms with Crippen LogP contribution in [0.25, 0.3) is 0 Å². The number of anilines is 1. The first-order valence-corrected chi connectivity index (χ1v) is 5.72. The number of nitro benzene ring substituents is 1. The Bertz CT molecular complexity index is 579. The number of nitrogens with zero attached hydrogens (tertiary/aromatic N) is 3. The van der Waals surface area contributed by atoms with Gasteiger partial charge in [-0.3, -0.25) is 10.1 Å². The molecule has 7 nitrogen and oxygen atoms in total. The van der Waals surface area contributed by atoms with E-state index in [0.29, 0.717) is 19.4 Å². The van der Waals surface area contributed by atoms with Crippen molar-refractivity contribution in [1.29, 1.82) is 5.26 Å². The number of hydrogen-bond donors (Lipinski definition) is 1. The first kappa shape index (κ1) is 12.8. The number of aliphatic carboxylic acids is 1. The Labute approximate surface area is 108 Å². The summed E-state index contributed by atoms with van der Waals surface area (Å²) in [7, 11) is 0. The quantitative estimate of drug-likeness (QED) is 0.652. The lowest BCUT2D eigenvalue weighted by Gasteiger charge is -2.23. The van der Waals surface area contributed by atoms with Crippen LogP contribution < -0.4 is 4.90 Å². The molecule has 0 amide bonds. The van der Waals surface area contributed by atoms with Gasteiger partial charge in [-0.25, -0.2) is 4.79 Å². The summed E-state index contributed by atoms with van der Waals surface area (Å²) in [6, 6.07) is 5.16. The van der Waals surface area contributed by atoms with Gasteiger partial charge in [0, 0.05) is 12.6 Å². The van der Waals surface area contributed by atoms with Crippen LogP contribution in [-0.4, -0.2) is 28.6 Å². The molecular weight excluding hydrogens is 250 g/mol. The van der Waals surface area contributed by atoms with E-state index in [-0.39, 0.29) is 16.9 Å². The van der Waals surface area contributed by atoms with E-state index in [9.17, 15) is 14.9 Å². The number of benzene rings is 1. The molecule has 1 N–H and O–H groups in total. The van der Waals surface area contributed by atoms with Crippen molar-refractivity contribution >= 4 is 17.3 Å². The topological polar surface area (TPSA) is 107 Å². The van der Waals surface area contributed by atoms with Gasteiger partial charge < -0.3 is 10.0 Å². The number of carboxylic acid groups (broad SMARTS) is 1. The van der Waals surface area contributed by atoms with E-state index in [1.54, 1.807) is 0 Å². The molecule has 0 unspecified atom stereocenters. The highest BCUT2D eigenvalue weighted by atomic mass is 16.6. The Morgan fingerprint density at radius 2 is 2.32 bits per heavy atom. The number of hydrogen-bond acceptors (Lipinski definition) is 5. The van der Waals surface area contributed by atoms with Gasteiger partial charge in [0.2, 0.25) is 0 Å². The van der Waals surface area contributed by atoms with Crippen LogP contribution in [0.5, 0.6) is 0 Å². The lowest BCUT2D eigenvalue weighted by molar-refractivity contribution is -0.384. The lowest BCUT2D eigenvalue weighted by Crippen LogP contribution is -2.36. The van der Waals surface area contributed by atoms with E-state index in [2.05, 4.69) is 0 Å². The normalized spacial score (nSPS) is 18.1. The molecule has 0 aliphatic carbocycles. The molecule has 1 saturated heterocycles. The summed E-state index contributed by atoms with van der Waals surface area (Å²) in [5.41, 5.74) is 0.211. The molecule has 7 heteroatoms. The van der Waals surface area contributed by atoms with E-state index in [1.807, 2.05) is 6.07 Å². The van der Waals surface area contributed by atoms with Crippen LogP contribution >= 0.6 is 0 Å². The van der Waals surface area contributed by atoms with Crippen molar-refractivity contribution in [2.45, 2.75) is 18.9 Å². The van der Waals surface area contributed by atoms with E-state index >= 15 is 0 Å². The smallest absolute Gasteiger partial charge is 0.326 e. The maximum Gasteiger partial charge on any atom is 0.326 e. The predicted molar refractivity (Wildman–Crippen MR) is 65.8 cm³/mol. The number of nitriles is 1. The minimum atomic E-state index is -0.990. The zero-order chi connectivity index (χ0) is 14.0. The second-order valence-electron chi connectivity index (χ2n) is 4.26. The van der Waals surface area contributed by atoms with Gasteiger partial charge in [0.1, 0.15) is 11.7 Å². The standard InChI is InChI=1S/C12H11N3O4/c13-7-8-3-4-9(11(6-8)15(18)19)14-5-1-2-10(14)12(16)17/h3-4,6,10H,1-2,5H2,(H,16,17)/t10-/m0/s1. The highest BCUT2D eigenvalue weighted by Crippen LogP contribution is 2.34. The monoisotopic (exact) mass is 261 g/mol. The maximum atomic E-state index is 11.1. The van der Waals surface area contributed by atoms with Gasteiger partial charge in [-0.2, -0.15) is 5.26 Å². The van der Waals surface area contributed by atoms with Crippen LogP contribution in [0, 0.1) is 21.4 Å². The van der Waals surface area contributed by atoms with Gasteiger partial charge in [-0.1, -0.05) is 0 Å². The summed E-state index contributed by atoms with van der Waals surface area (Å²) in [6.07, 6.45) is 1.14. The number of rotatable bonds is 3. The average molecular weight is 261 g/mol. The Morgan fingerprint density at radius 1 is 1.58 bits per heavy atom. The molecule has 1 heterocycles. The first-order valence-electron chi connectivity index (χ1n) is 5.72. The van der Waals surface area contributed by atoms with Crippen molar-refractivity contribution in [3.05, 3.63) is 33.9 Å². The SMILES string of the molecule is N#Cc1ccc(N2CCC[C@H]2C(=O)O)c([N+](=O)[O-])c1. The molecule has 0 radical (unpaired) electrons. The van der Waals surface area contributed by atoms with Crippen molar-refractivity contribution in [2.75, 3.05) is 11.4 Å². The Hall–Kier alpha value is -2.62. The highest BCUT2D eigenvalue weighted by molar-refractivity contribution is 5.81. The average Bonchev–Trinajstić information content (AvgIpc) is 2.87. The van der Waals surface area contributed by atoms with Crippen molar-refractivity contribution in [1.82, 2.24) is 0 Å².